The van der Waals surface area contributed by atoms with Gasteiger partial charge in [0, 0.05) is 38.6 Å². The number of hydrogen-bond donors (Lipinski definition) is 1. The van der Waals surface area contributed by atoms with Gasteiger partial charge < -0.3 is 4.98 Å². The first-order chi connectivity index (χ1) is 8.65. The number of aromatic amines is 1. The van der Waals surface area contributed by atoms with Crippen molar-refractivity contribution in [3.8, 4) is 0 Å². The van der Waals surface area contributed by atoms with Crippen molar-refractivity contribution in [1.29, 1.82) is 0 Å². The topological polar surface area (TPSA) is 32.9 Å². The van der Waals surface area contributed by atoms with E-state index in [0.717, 1.165) is 19.4 Å². The predicted octanol–water partition coefficient (Wildman–Crippen LogP) is 4.72. The fourth-order valence-corrected chi connectivity index (χ4v) is 3.37. The Morgan fingerprint density at radius 2 is 2.17 bits per heavy atom. The second-order valence-corrected chi connectivity index (χ2v) is 7.10. The van der Waals surface area contributed by atoms with Gasteiger partial charge in [0.25, 0.3) is 0 Å². The summed E-state index contributed by atoms with van der Waals surface area (Å²) in [5, 5.41) is 3.46. The molecule has 0 aliphatic carbocycles. The number of hydrogen-bond acceptors (Lipinski definition) is 2. The Labute approximate surface area is 126 Å². The van der Waals surface area contributed by atoms with Crippen LogP contribution in [0.1, 0.15) is 15.9 Å². The summed E-state index contributed by atoms with van der Waals surface area (Å²) in [4.78, 5) is 15.5. The van der Waals surface area contributed by atoms with Crippen LogP contribution in [0.3, 0.4) is 0 Å². The summed E-state index contributed by atoms with van der Waals surface area (Å²) in [7, 11) is 0. The van der Waals surface area contributed by atoms with Gasteiger partial charge in [0.15, 0.2) is 5.78 Å². The molecule has 1 N–H and O–H groups in total. The number of carbonyl (C=O) groups is 1. The largest absolute Gasteiger partial charge is 0.360 e. The predicted molar refractivity (Wildman–Crippen MR) is 83.8 cm³/mol. The van der Waals surface area contributed by atoms with E-state index >= 15 is 0 Å². The lowest BCUT2D eigenvalue weighted by Gasteiger charge is -1.96. The third kappa shape index (κ3) is 2.08. The summed E-state index contributed by atoms with van der Waals surface area (Å²) in [5.41, 5.74) is 2.31. The van der Waals surface area contributed by atoms with Crippen LogP contribution in [0, 0.1) is 2.88 Å². The highest BCUT2D eigenvalue weighted by Gasteiger charge is 2.15. The second kappa shape index (κ2) is 4.68. The molecule has 2 heterocycles. The molecule has 0 aliphatic rings. The zero-order valence-corrected chi connectivity index (χ0v) is 12.8. The van der Waals surface area contributed by atoms with Crippen LogP contribution in [0.15, 0.2) is 35.8 Å². The lowest BCUT2D eigenvalue weighted by Crippen LogP contribution is -1.97. The number of fused-ring (bicyclic) bond motifs is 1. The molecule has 0 saturated heterocycles. The smallest absolute Gasteiger partial charge is 0.196 e. The van der Waals surface area contributed by atoms with Crippen molar-refractivity contribution < 1.29 is 4.79 Å². The van der Waals surface area contributed by atoms with E-state index in [2.05, 4.69) is 27.6 Å². The quantitative estimate of drug-likeness (QED) is 0.501. The summed E-state index contributed by atoms with van der Waals surface area (Å²) in [6.07, 6.45) is 1.74. The number of ketones is 1. The maximum Gasteiger partial charge on any atom is 0.196 e. The lowest BCUT2D eigenvalue weighted by molar-refractivity contribution is 0.104. The third-order valence-corrected chi connectivity index (χ3v) is 4.74. The molecular weight excluding hydrogens is 381 g/mol. The van der Waals surface area contributed by atoms with Gasteiger partial charge in [0.05, 0.1) is 2.88 Å². The van der Waals surface area contributed by atoms with Crippen molar-refractivity contribution in [2.24, 2.45) is 0 Å². The Bertz CT molecular complexity index is 746. The van der Waals surface area contributed by atoms with Crippen LogP contribution < -0.4 is 0 Å². The maximum atomic E-state index is 12.4. The summed E-state index contributed by atoms with van der Waals surface area (Å²) in [6.45, 7) is 0. The minimum absolute atomic E-state index is 0.0442. The monoisotopic (exact) mass is 387 g/mol. The molecule has 0 saturated carbocycles. The fraction of sp³-hybridized carbons (Fsp3) is 0. The number of rotatable bonds is 2. The Kier molecular flexibility index (Phi) is 3.17. The van der Waals surface area contributed by atoms with Crippen LogP contribution >= 0.6 is 45.5 Å². The molecule has 0 atom stereocenters. The van der Waals surface area contributed by atoms with Gasteiger partial charge in [-0.15, -0.1) is 11.3 Å². The Balaban J connectivity index is 2.12. The fourth-order valence-electron chi connectivity index (χ4n) is 1.87. The van der Waals surface area contributed by atoms with Gasteiger partial charge in [-0.05, 0) is 40.8 Å². The minimum Gasteiger partial charge on any atom is -0.360 e. The van der Waals surface area contributed by atoms with Crippen molar-refractivity contribution in [1.82, 2.24) is 4.98 Å². The molecule has 2 aromatic heterocycles. The molecule has 0 unspecified atom stereocenters. The van der Waals surface area contributed by atoms with Gasteiger partial charge >= 0.3 is 0 Å². The van der Waals surface area contributed by atoms with Crippen molar-refractivity contribution in [2.75, 3.05) is 0 Å². The first-order valence-corrected chi connectivity index (χ1v) is 7.54. The van der Waals surface area contributed by atoms with Crippen LogP contribution in [-0.2, 0) is 0 Å². The number of H-pyrrole nitrogens is 1. The van der Waals surface area contributed by atoms with Gasteiger partial charge in [-0.2, -0.15) is 0 Å². The molecule has 1 aromatic carbocycles. The molecule has 0 aliphatic heterocycles. The zero-order valence-electron chi connectivity index (χ0n) is 9.04. The molecule has 0 bridgehead atoms. The molecule has 3 aromatic rings. The molecule has 0 fully saturated rings. The molecule has 0 amide bonds. The second-order valence-electron chi connectivity index (χ2n) is 3.86. The molecule has 0 spiro atoms. The number of thiophene rings is 1. The van der Waals surface area contributed by atoms with Crippen LogP contribution in [0.25, 0.3) is 10.9 Å². The van der Waals surface area contributed by atoms with Crippen LogP contribution in [-0.4, -0.2) is 10.8 Å². The van der Waals surface area contributed by atoms with Gasteiger partial charge in [0.2, 0.25) is 0 Å². The average molecular weight is 388 g/mol. The lowest BCUT2D eigenvalue weighted by atomic mass is 10.1. The van der Waals surface area contributed by atoms with E-state index in [1.54, 1.807) is 23.6 Å². The Morgan fingerprint density at radius 3 is 2.89 bits per heavy atom. The molecule has 2 nitrogen and oxygen atoms in total. The number of halogens is 2. The van der Waals surface area contributed by atoms with Crippen molar-refractivity contribution in [2.45, 2.75) is 0 Å². The van der Waals surface area contributed by atoms with Crippen LogP contribution in [0.4, 0.5) is 0 Å². The molecule has 3 rings (SSSR count). The number of benzene rings is 1. The summed E-state index contributed by atoms with van der Waals surface area (Å²) < 4.78 is 1.11. The van der Waals surface area contributed by atoms with Gasteiger partial charge in [0.1, 0.15) is 0 Å². The number of carbonyl (C=O) groups excluding carboxylic acids is 1. The van der Waals surface area contributed by atoms with E-state index in [-0.39, 0.29) is 5.78 Å². The van der Waals surface area contributed by atoms with E-state index in [4.69, 9.17) is 11.6 Å². The highest BCUT2D eigenvalue weighted by atomic mass is 127. The van der Waals surface area contributed by atoms with E-state index in [9.17, 15) is 4.79 Å². The number of aromatic nitrogens is 1. The minimum atomic E-state index is 0.0442. The van der Waals surface area contributed by atoms with E-state index in [0.29, 0.717) is 10.6 Å². The molecule has 90 valence electrons. The van der Waals surface area contributed by atoms with E-state index in [1.165, 1.54) is 0 Å². The highest BCUT2D eigenvalue weighted by molar-refractivity contribution is 14.1. The van der Waals surface area contributed by atoms with Crippen LogP contribution in [0.5, 0.6) is 0 Å². The summed E-state index contributed by atoms with van der Waals surface area (Å²) >= 11 is 9.71. The summed E-state index contributed by atoms with van der Waals surface area (Å²) in [6, 6.07) is 7.40. The summed E-state index contributed by atoms with van der Waals surface area (Å²) in [5.74, 6) is 0.0442. The van der Waals surface area contributed by atoms with Crippen molar-refractivity contribution >= 4 is 62.2 Å². The standard InChI is InChI=1S/C13H7ClINOS/c14-8-1-2-9-10(5-16-11(9)4-8)13(17)7-3-12(15)18-6-7/h1-6,16H. The van der Waals surface area contributed by atoms with E-state index < -0.39 is 0 Å². The van der Waals surface area contributed by atoms with Gasteiger partial charge in [-0.3, -0.25) is 4.79 Å². The van der Waals surface area contributed by atoms with Gasteiger partial charge in [-0.1, -0.05) is 17.7 Å². The first-order valence-electron chi connectivity index (χ1n) is 5.20. The molecule has 0 radical (unpaired) electrons. The maximum absolute atomic E-state index is 12.4. The molecule has 5 heteroatoms. The van der Waals surface area contributed by atoms with E-state index in [1.807, 2.05) is 23.6 Å². The van der Waals surface area contributed by atoms with Crippen LogP contribution in [0.2, 0.25) is 5.02 Å². The van der Waals surface area contributed by atoms with Crippen molar-refractivity contribution in [3.05, 3.63) is 54.9 Å². The first kappa shape index (κ1) is 12.2. The Hall–Kier alpha value is -0.850. The Morgan fingerprint density at radius 1 is 1.33 bits per heavy atom. The molecule has 18 heavy (non-hydrogen) atoms. The highest BCUT2D eigenvalue weighted by Crippen LogP contribution is 2.26. The third-order valence-electron chi connectivity index (χ3n) is 2.72. The SMILES string of the molecule is O=C(c1csc(I)c1)c1c[nH]c2cc(Cl)ccc12. The zero-order chi connectivity index (χ0) is 12.7. The average Bonchev–Trinajstić information content (AvgIpc) is 2.94. The van der Waals surface area contributed by atoms with Gasteiger partial charge in [-0.25, -0.2) is 0 Å². The van der Waals surface area contributed by atoms with Crippen molar-refractivity contribution in [3.63, 3.8) is 0 Å². The normalized spacial score (nSPS) is 11.0. The number of nitrogens with one attached hydrogen (secondary N) is 1. The molecular formula is C13H7ClINOS.